The number of imide groups is 1. The van der Waals surface area contributed by atoms with Gasteiger partial charge >= 0.3 is 12.0 Å². The Kier molecular flexibility index (Phi) is 4.55. The van der Waals surface area contributed by atoms with Gasteiger partial charge in [-0.3, -0.25) is 9.69 Å². The van der Waals surface area contributed by atoms with Crippen LogP contribution in [0.5, 0.6) is 0 Å². The van der Waals surface area contributed by atoms with Gasteiger partial charge in [0.2, 0.25) is 0 Å². The van der Waals surface area contributed by atoms with Gasteiger partial charge in [-0.25, -0.2) is 14.6 Å². The Morgan fingerprint density at radius 2 is 2.07 bits per heavy atom. The van der Waals surface area contributed by atoms with Crippen molar-refractivity contribution in [2.75, 3.05) is 19.7 Å². The fourth-order valence-corrected chi connectivity index (χ4v) is 3.57. The van der Waals surface area contributed by atoms with Crippen molar-refractivity contribution in [2.45, 2.75) is 0 Å². The Hall–Kier alpha value is -3.26. The summed E-state index contributed by atoms with van der Waals surface area (Å²) in [4.78, 5) is 42.8. The first-order chi connectivity index (χ1) is 13.1. The minimum absolute atomic E-state index is 0.274. The van der Waals surface area contributed by atoms with E-state index >= 15 is 0 Å². The van der Waals surface area contributed by atoms with E-state index < -0.39 is 24.5 Å². The normalized spacial score (nSPS) is 13.6. The van der Waals surface area contributed by atoms with Gasteiger partial charge in [-0.1, -0.05) is 24.3 Å². The molecule has 4 rings (SSSR count). The van der Waals surface area contributed by atoms with Crippen molar-refractivity contribution in [1.82, 2.24) is 15.2 Å². The maximum Gasteiger partial charge on any atom is 0.339 e. The number of carbonyl (C=O) groups is 3. The summed E-state index contributed by atoms with van der Waals surface area (Å²) in [5, 5.41) is 5.12. The van der Waals surface area contributed by atoms with Crippen LogP contribution in [0.4, 0.5) is 4.79 Å². The van der Waals surface area contributed by atoms with Crippen LogP contribution >= 0.6 is 11.3 Å². The smallest absolute Gasteiger partial charge is 0.339 e. The average Bonchev–Trinajstić information content (AvgIpc) is 3.36. The van der Waals surface area contributed by atoms with E-state index in [0.29, 0.717) is 28.7 Å². The number of para-hydroxylation sites is 1. The lowest BCUT2D eigenvalue weighted by atomic mass is 10.1. The van der Waals surface area contributed by atoms with E-state index in [2.05, 4.69) is 10.3 Å². The summed E-state index contributed by atoms with van der Waals surface area (Å²) in [6.45, 7) is 0.185. The molecule has 0 unspecified atom stereocenters. The highest BCUT2D eigenvalue weighted by molar-refractivity contribution is 7.13. The van der Waals surface area contributed by atoms with Gasteiger partial charge in [-0.05, 0) is 23.6 Å². The lowest BCUT2D eigenvalue weighted by molar-refractivity contribution is -0.130. The van der Waals surface area contributed by atoms with E-state index in [1.807, 2.05) is 35.7 Å². The number of hydrogen-bond donors (Lipinski definition) is 1. The lowest BCUT2D eigenvalue weighted by Gasteiger charge is -2.13. The number of nitrogens with one attached hydrogen (secondary N) is 1. The molecule has 1 aromatic carbocycles. The number of amides is 3. The number of nitrogens with zero attached hydrogens (tertiary/aromatic N) is 2. The highest BCUT2D eigenvalue weighted by atomic mass is 32.1. The number of urea groups is 1. The highest BCUT2D eigenvalue weighted by Gasteiger charge is 2.27. The van der Waals surface area contributed by atoms with E-state index in [1.165, 1.54) is 11.3 Å². The number of ether oxygens (including phenoxy) is 1. The van der Waals surface area contributed by atoms with E-state index in [-0.39, 0.29) is 6.54 Å². The van der Waals surface area contributed by atoms with Crippen LogP contribution in [-0.2, 0) is 9.53 Å². The van der Waals surface area contributed by atoms with Gasteiger partial charge in [0.25, 0.3) is 5.91 Å². The quantitative estimate of drug-likeness (QED) is 0.702. The van der Waals surface area contributed by atoms with Crippen molar-refractivity contribution in [3.05, 3.63) is 53.4 Å². The number of benzene rings is 1. The van der Waals surface area contributed by atoms with E-state index in [1.54, 1.807) is 12.1 Å². The predicted octanol–water partition coefficient (Wildman–Crippen LogP) is 2.67. The largest absolute Gasteiger partial charge is 0.452 e. The Balaban J connectivity index is 1.61. The fraction of sp³-hybridized carbons (Fsp3) is 0.158. The van der Waals surface area contributed by atoms with Gasteiger partial charge in [-0.2, -0.15) is 0 Å². The van der Waals surface area contributed by atoms with Crippen molar-refractivity contribution in [3.8, 4) is 10.6 Å². The molecule has 0 bridgehead atoms. The van der Waals surface area contributed by atoms with Gasteiger partial charge in [-0.15, -0.1) is 11.3 Å². The first kappa shape index (κ1) is 17.2. The van der Waals surface area contributed by atoms with Gasteiger partial charge in [0.05, 0.1) is 21.7 Å². The number of rotatable bonds is 4. The summed E-state index contributed by atoms with van der Waals surface area (Å²) >= 11 is 1.52. The number of esters is 1. The average molecular weight is 381 g/mol. The van der Waals surface area contributed by atoms with Crippen molar-refractivity contribution in [3.63, 3.8) is 0 Å². The molecule has 0 aliphatic carbocycles. The summed E-state index contributed by atoms with van der Waals surface area (Å²) in [6, 6.07) is 12.3. The van der Waals surface area contributed by atoms with Crippen molar-refractivity contribution >= 4 is 40.1 Å². The fourth-order valence-electron chi connectivity index (χ4n) is 2.89. The summed E-state index contributed by atoms with van der Waals surface area (Å²) in [5.74, 6) is -1.17. The molecule has 3 aromatic rings. The molecule has 2 aromatic heterocycles. The third-order valence-electron chi connectivity index (χ3n) is 4.19. The molecule has 0 saturated carbocycles. The molecule has 3 amide bonds. The third-order valence-corrected chi connectivity index (χ3v) is 5.09. The summed E-state index contributed by atoms with van der Waals surface area (Å²) in [5.41, 5.74) is 1.67. The number of hydrogen-bond acceptors (Lipinski definition) is 6. The maximum absolute atomic E-state index is 12.7. The van der Waals surface area contributed by atoms with Gasteiger partial charge in [0.1, 0.15) is 0 Å². The van der Waals surface area contributed by atoms with E-state index in [0.717, 1.165) is 9.78 Å². The van der Waals surface area contributed by atoms with Crippen molar-refractivity contribution in [1.29, 1.82) is 0 Å². The Labute approximate surface area is 158 Å². The van der Waals surface area contributed by atoms with Crippen molar-refractivity contribution < 1.29 is 19.1 Å². The SMILES string of the molecule is O=C(OCC(=O)N1CCNC1=O)c1cc(-c2cccs2)nc2ccccc12. The second-order valence-corrected chi connectivity index (χ2v) is 6.85. The molecular weight excluding hydrogens is 366 g/mol. The molecule has 1 N–H and O–H groups in total. The first-order valence-corrected chi connectivity index (χ1v) is 9.20. The molecule has 1 aliphatic rings. The van der Waals surface area contributed by atoms with Gasteiger partial charge in [0.15, 0.2) is 6.61 Å². The second-order valence-electron chi connectivity index (χ2n) is 5.90. The number of aromatic nitrogens is 1. The number of thiophene rings is 1. The zero-order valence-electron chi connectivity index (χ0n) is 14.2. The summed E-state index contributed by atoms with van der Waals surface area (Å²) in [6.07, 6.45) is 0. The van der Waals surface area contributed by atoms with Crippen LogP contribution < -0.4 is 5.32 Å². The highest BCUT2D eigenvalue weighted by Crippen LogP contribution is 2.28. The van der Waals surface area contributed by atoms with Crippen LogP contribution in [0.15, 0.2) is 47.8 Å². The van der Waals surface area contributed by atoms with E-state index in [4.69, 9.17) is 4.74 Å². The molecule has 0 radical (unpaired) electrons. The standard InChI is InChI=1S/C19H15N3O4S/c23-17(22-8-7-20-19(22)25)11-26-18(24)13-10-15(16-6-3-9-27-16)21-14-5-2-1-4-12(13)14/h1-6,9-10H,7-8,11H2,(H,20,25). The van der Waals surface area contributed by atoms with E-state index in [9.17, 15) is 14.4 Å². The number of fused-ring (bicyclic) bond motifs is 1. The van der Waals surface area contributed by atoms with Crippen LogP contribution in [0.1, 0.15) is 10.4 Å². The Morgan fingerprint density at radius 1 is 1.22 bits per heavy atom. The molecule has 27 heavy (non-hydrogen) atoms. The molecule has 0 atom stereocenters. The molecule has 1 fully saturated rings. The topological polar surface area (TPSA) is 88.6 Å². The van der Waals surface area contributed by atoms with Gasteiger partial charge < -0.3 is 10.1 Å². The molecule has 7 nitrogen and oxygen atoms in total. The van der Waals surface area contributed by atoms with Gasteiger partial charge in [0, 0.05) is 18.5 Å². The molecule has 0 spiro atoms. The minimum Gasteiger partial charge on any atom is -0.452 e. The molecular formula is C19H15N3O4S. The zero-order valence-corrected chi connectivity index (χ0v) is 15.0. The van der Waals surface area contributed by atoms with Crippen LogP contribution in [0.3, 0.4) is 0 Å². The van der Waals surface area contributed by atoms with Crippen LogP contribution in [0.25, 0.3) is 21.5 Å². The van der Waals surface area contributed by atoms with Crippen LogP contribution in [-0.4, -0.2) is 47.5 Å². The predicted molar refractivity (Wildman–Crippen MR) is 100 cm³/mol. The lowest BCUT2D eigenvalue weighted by Crippen LogP contribution is -2.37. The second kappa shape index (κ2) is 7.16. The Bertz CT molecular complexity index is 1030. The molecule has 136 valence electrons. The first-order valence-electron chi connectivity index (χ1n) is 8.32. The number of carbonyl (C=O) groups excluding carboxylic acids is 3. The van der Waals surface area contributed by atoms with Crippen LogP contribution in [0, 0.1) is 0 Å². The molecule has 8 heteroatoms. The van der Waals surface area contributed by atoms with Crippen LogP contribution in [0.2, 0.25) is 0 Å². The summed E-state index contributed by atoms with van der Waals surface area (Å²) < 4.78 is 5.20. The third kappa shape index (κ3) is 3.39. The minimum atomic E-state index is -0.626. The van der Waals surface area contributed by atoms with Crippen molar-refractivity contribution in [2.24, 2.45) is 0 Å². The zero-order chi connectivity index (χ0) is 18.8. The monoisotopic (exact) mass is 381 g/mol. The maximum atomic E-state index is 12.7. The molecule has 1 saturated heterocycles. The summed E-state index contributed by atoms with van der Waals surface area (Å²) in [7, 11) is 0. The Morgan fingerprint density at radius 3 is 2.81 bits per heavy atom. The molecule has 3 heterocycles. The molecule has 1 aliphatic heterocycles. The number of pyridine rings is 1.